The van der Waals surface area contributed by atoms with Crippen LogP contribution in [0.15, 0.2) is 52.1 Å². The van der Waals surface area contributed by atoms with Gasteiger partial charge in [-0.2, -0.15) is 0 Å². The first-order chi connectivity index (χ1) is 12.6. The van der Waals surface area contributed by atoms with Crippen molar-refractivity contribution in [3.63, 3.8) is 0 Å². The summed E-state index contributed by atoms with van der Waals surface area (Å²) in [5.74, 6) is 2.08. The van der Waals surface area contributed by atoms with Crippen molar-refractivity contribution in [1.29, 1.82) is 0 Å². The van der Waals surface area contributed by atoms with Crippen molar-refractivity contribution in [3.05, 3.63) is 54.2 Å². The lowest BCUT2D eigenvalue weighted by atomic mass is 10.0. The van der Waals surface area contributed by atoms with Crippen LogP contribution in [0.3, 0.4) is 0 Å². The third-order valence-electron chi connectivity index (χ3n) is 4.03. The first-order valence-electron chi connectivity index (χ1n) is 8.80. The van der Waals surface area contributed by atoms with Crippen molar-refractivity contribution >= 4 is 17.0 Å². The summed E-state index contributed by atoms with van der Waals surface area (Å²) in [6.45, 7) is 5.29. The quantitative estimate of drug-likeness (QED) is 0.385. The van der Waals surface area contributed by atoms with E-state index in [1.165, 1.54) is 0 Å². The molecule has 0 fully saturated rings. The van der Waals surface area contributed by atoms with Gasteiger partial charge in [0.15, 0.2) is 5.96 Å². The lowest BCUT2D eigenvalue weighted by Gasteiger charge is -2.19. The number of fused-ring (bicyclic) bond motifs is 1. The second-order valence-corrected chi connectivity index (χ2v) is 6.32. The highest BCUT2D eigenvalue weighted by Crippen LogP contribution is 2.21. The normalized spacial score (nSPS) is 14.3. The number of guanidine groups is 1. The topological polar surface area (TPSA) is 98.5 Å². The molecule has 26 heavy (non-hydrogen) atoms. The molecule has 0 amide bonds. The molecule has 7 heteroatoms. The summed E-state index contributed by atoms with van der Waals surface area (Å²) in [6.07, 6.45) is 2.29. The summed E-state index contributed by atoms with van der Waals surface area (Å²) in [5.41, 5.74) is 0.861. The molecule has 4 N–H and O–H groups in total. The van der Waals surface area contributed by atoms with Crippen molar-refractivity contribution in [1.82, 2.24) is 20.6 Å². The van der Waals surface area contributed by atoms with Crippen LogP contribution in [0.4, 0.5) is 0 Å². The van der Waals surface area contributed by atoms with E-state index in [0.29, 0.717) is 18.3 Å². The molecule has 1 atom stereocenters. The summed E-state index contributed by atoms with van der Waals surface area (Å²) < 4.78 is 5.29. The van der Waals surface area contributed by atoms with Crippen molar-refractivity contribution in [2.24, 2.45) is 4.99 Å². The van der Waals surface area contributed by atoms with Gasteiger partial charge in [-0.1, -0.05) is 12.1 Å². The van der Waals surface area contributed by atoms with E-state index in [0.717, 1.165) is 29.8 Å². The minimum Gasteiger partial charge on any atom is -0.466 e. The fourth-order valence-electron chi connectivity index (χ4n) is 2.66. The molecule has 2 heterocycles. The average Bonchev–Trinajstić information content (AvgIpc) is 3.29. The predicted octanol–water partition coefficient (Wildman–Crippen LogP) is 2.16. The molecule has 0 spiro atoms. The first kappa shape index (κ1) is 18.0. The predicted molar refractivity (Wildman–Crippen MR) is 102 cm³/mol. The number of aliphatic hydroxyl groups is 1. The molecule has 138 valence electrons. The van der Waals surface area contributed by atoms with Gasteiger partial charge in [0.25, 0.3) is 0 Å². The highest BCUT2D eigenvalue weighted by molar-refractivity contribution is 5.79. The van der Waals surface area contributed by atoms with Crippen LogP contribution in [0.25, 0.3) is 11.0 Å². The van der Waals surface area contributed by atoms with Crippen LogP contribution in [0, 0.1) is 0 Å². The number of para-hydroxylation sites is 2. The molecule has 0 radical (unpaired) electrons. The second-order valence-electron chi connectivity index (χ2n) is 6.32. The Morgan fingerprint density at radius 1 is 1.27 bits per heavy atom. The molecule has 0 aliphatic heterocycles. The molecule has 0 saturated carbocycles. The van der Waals surface area contributed by atoms with E-state index >= 15 is 0 Å². The Morgan fingerprint density at radius 3 is 2.85 bits per heavy atom. The zero-order chi connectivity index (χ0) is 18.4. The molecule has 1 unspecified atom stereocenters. The van der Waals surface area contributed by atoms with Gasteiger partial charge in [-0.15, -0.1) is 0 Å². The number of furan rings is 1. The van der Waals surface area contributed by atoms with Crippen molar-refractivity contribution in [2.45, 2.75) is 25.9 Å². The number of rotatable bonds is 7. The number of imidazole rings is 1. The van der Waals surface area contributed by atoms with Gasteiger partial charge in [0, 0.05) is 19.5 Å². The molecule has 0 aliphatic carbocycles. The fraction of sp³-hybridized carbons (Fsp3) is 0.368. The summed E-state index contributed by atoms with van der Waals surface area (Å²) in [5, 5.41) is 17.0. The number of nitrogens with zero attached hydrogens (tertiary/aromatic N) is 2. The SMILES string of the molecule is CCNC(=NCC(C)(O)c1ccco1)NCCc1nc2ccccc2[nH]1. The Bertz CT molecular complexity index is 819. The molecule has 7 nitrogen and oxygen atoms in total. The van der Waals surface area contributed by atoms with E-state index < -0.39 is 5.60 Å². The van der Waals surface area contributed by atoms with Gasteiger partial charge >= 0.3 is 0 Å². The Balaban J connectivity index is 1.57. The summed E-state index contributed by atoms with van der Waals surface area (Å²) in [4.78, 5) is 12.3. The van der Waals surface area contributed by atoms with E-state index in [-0.39, 0.29) is 6.54 Å². The van der Waals surface area contributed by atoms with Gasteiger partial charge in [-0.3, -0.25) is 0 Å². The van der Waals surface area contributed by atoms with E-state index in [1.807, 2.05) is 31.2 Å². The highest BCUT2D eigenvalue weighted by Gasteiger charge is 2.26. The standard InChI is InChI=1S/C19H25N5O2/c1-3-20-18(22-13-19(2,25)16-9-6-12-26-16)21-11-10-17-23-14-7-4-5-8-15(14)24-17/h4-9,12,25H,3,10-11,13H2,1-2H3,(H,23,24)(H2,20,21,22). The molecular formula is C19H25N5O2. The number of benzene rings is 1. The van der Waals surface area contributed by atoms with Crippen LogP contribution in [-0.2, 0) is 12.0 Å². The van der Waals surface area contributed by atoms with Gasteiger partial charge in [-0.05, 0) is 38.1 Å². The van der Waals surface area contributed by atoms with Crippen LogP contribution in [0.5, 0.6) is 0 Å². The number of aliphatic imine (C=N–C) groups is 1. The minimum absolute atomic E-state index is 0.195. The van der Waals surface area contributed by atoms with Gasteiger partial charge in [0.2, 0.25) is 0 Å². The lowest BCUT2D eigenvalue weighted by molar-refractivity contribution is 0.0437. The van der Waals surface area contributed by atoms with Crippen molar-refractivity contribution in [3.8, 4) is 0 Å². The molecule has 3 aromatic rings. The Hall–Kier alpha value is -2.80. The number of H-pyrrole nitrogens is 1. The largest absolute Gasteiger partial charge is 0.466 e. The maximum absolute atomic E-state index is 10.5. The first-order valence-corrected chi connectivity index (χ1v) is 8.80. The molecule has 1 aromatic carbocycles. The van der Waals surface area contributed by atoms with Crippen LogP contribution in [0.1, 0.15) is 25.4 Å². The van der Waals surface area contributed by atoms with Crippen LogP contribution < -0.4 is 10.6 Å². The maximum atomic E-state index is 10.5. The van der Waals surface area contributed by atoms with E-state index in [1.54, 1.807) is 25.3 Å². The fourth-order valence-corrected chi connectivity index (χ4v) is 2.66. The summed E-state index contributed by atoms with van der Waals surface area (Å²) in [6, 6.07) is 11.5. The molecule has 0 bridgehead atoms. The van der Waals surface area contributed by atoms with E-state index in [4.69, 9.17) is 4.42 Å². The number of nitrogens with one attached hydrogen (secondary N) is 3. The van der Waals surface area contributed by atoms with Crippen LogP contribution in [-0.4, -0.2) is 40.7 Å². The Labute approximate surface area is 152 Å². The zero-order valence-electron chi connectivity index (χ0n) is 15.1. The van der Waals surface area contributed by atoms with E-state index in [2.05, 4.69) is 25.6 Å². The third kappa shape index (κ3) is 4.43. The van der Waals surface area contributed by atoms with Gasteiger partial charge in [0.1, 0.15) is 17.2 Å². The minimum atomic E-state index is -1.15. The summed E-state index contributed by atoms with van der Waals surface area (Å²) >= 11 is 0. The Kier molecular flexibility index (Phi) is 5.58. The maximum Gasteiger partial charge on any atom is 0.191 e. The van der Waals surface area contributed by atoms with Crippen LogP contribution in [0.2, 0.25) is 0 Å². The smallest absolute Gasteiger partial charge is 0.191 e. The third-order valence-corrected chi connectivity index (χ3v) is 4.03. The molecule has 0 saturated heterocycles. The molecule has 0 aliphatic rings. The molecule has 2 aromatic heterocycles. The number of hydrogen-bond donors (Lipinski definition) is 4. The highest BCUT2D eigenvalue weighted by atomic mass is 16.4. The number of aromatic amines is 1. The zero-order valence-corrected chi connectivity index (χ0v) is 15.1. The Morgan fingerprint density at radius 2 is 2.12 bits per heavy atom. The van der Waals surface area contributed by atoms with Crippen molar-refractivity contribution in [2.75, 3.05) is 19.6 Å². The van der Waals surface area contributed by atoms with Gasteiger partial charge < -0.3 is 25.1 Å². The monoisotopic (exact) mass is 355 g/mol. The average molecular weight is 355 g/mol. The van der Waals surface area contributed by atoms with Crippen LogP contribution >= 0.6 is 0 Å². The van der Waals surface area contributed by atoms with E-state index in [9.17, 15) is 5.11 Å². The molecule has 3 rings (SSSR count). The lowest BCUT2D eigenvalue weighted by Crippen LogP contribution is -2.39. The van der Waals surface area contributed by atoms with Gasteiger partial charge in [-0.25, -0.2) is 9.98 Å². The second kappa shape index (κ2) is 8.05. The molecular weight excluding hydrogens is 330 g/mol. The summed E-state index contributed by atoms with van der Waals surface area (Å²) in [7, 11) is 0. The number of aromatic nitrogens is 2. The number of hydrogen-bond acceptors (Lipinski definition) is 4. The van der Waals surface area contributed by atoms with Gasteiger partial charge in [0.05, 0.1) is 23.8 Å². The van der Waals surface area contributed by atoms with Crippen molar-refractivity contribution < 1.29 is 9.52 Å².